The lowest BCUT2D eigenvalue weighted by Gasteiger charge is -2.27. The molecule has 4 aromatic rings. The number of aromatic amines is 1. The molecule has 186 valence electrons. The number of nitrogens with one attached hydrogen (secondary N) is 1. The maximum atomic E-state index is 13.6. The molecule has 6 rings (SSSR count). The second kappa shape index (κ2) is 9.34. The number of ether oxygens (including phenoxy) is 1. The van der Waals surface area contributed by atoms with E-state index < -0.39 is 0 Å². The molecule has 10 nitrogen and oxygen atoms in total. The molecule has 0 spiro atoms. The number of amides is 2. The van der Waals surface area contributed by atoms with E-state index in [1.807, 2.05) is 52.5 Å². The van der Waals surface area contributed by atoms with E-state index in [0.717, 1.165) is 48.4 Å². The van der Waals surface area contributed by atoms with Crippen molar-refractivity contribution in [2.75, 3.05) is 24.6 Å². The van der Waals surface area contributed by atoms with Gasteiger partial charge in [-0.2, -0.15) is 10.2 Å². The van der Waals surface area contributed by atoms with Crippen LogP contribution in [0, 0.1) is 5.92 Å². The number of aromatic nitrogens is 6. The van der Waals surface area contributed by atoms with Gasteiger partial charge in [0.05, 0.1) is 18.3 Å². The highest BCUT2D eigenvalue weighted by molar-refractivity contribution is 5.94. The summed E-state index contributed by atoms with van der Waals surface area (Å²) in [5.74, 6) is 1.66. The minimum atomic E-state index is -0.00259. The summed E-state index contributed by atoms with van der Waals surface area (Å²) in [4.78, 5) is 26.5. The van der Waals surface area contributed by atoms with Gasteiger partial charge in [0.1, 0.15) is 12.1 Å². The van der Waals surface area contributed by atoms with Gasteiger partial charge in [-0.1, -0.05) is 38.1 Å². The Labute approximate surface area is 209 Å². The normalized spacial score (nSPS) is 20.7. The molecule has 0 aliphatic carbocycles. The molecule has 2 aliphatic heterocycles. The van der Waals surface area contributed by atoms with Crippen molar-refractivity contribution in [3.8, 4) is 22.5 Å². The third-order valence-corrected chi connectivity index (χ3v) is 7.17. The van der Waals surface area contributed by atoms with E-state index in [0.29, 0.717) is 24.6 Å². The largest absolute Gasteiger partial charge is 0.376 e. The number of urea groups is 1. The first-order valence-electron chi connectivity index (χ1n) is 12.6. The quantitative estimate of drug-likeness (QED) is 0.441. The van der Waals surface area contributed by atoms with E-state index in [4.69, 9.17) is 9.72 Å². The zero-order valence-corrected chi connectivity index (χ0v) is 20.5. The van der Waals surface area contributed by atoms with Crippen molar-refractivity contribution in [2.24, 2.45) is 5.92 Å². The van der Waals surface area contributed by atoms with E-state index in [1.165, 1.54) is 6.33 Å². The molecular weight excluding hydrogens is 456 g/mol. The Balaban J connectivity index is 1.30. The fourth-order valence-electron chi connectivity index (χ4n) is 5.16. The number of H-pyrrole nitrogens is 1. The molecule has 0 radical (unpaired) electrons. The minimum Gasteiger partial charge on any atom is -0.376 e. The average Bonchev–Trinajstić information content (AvgIpc) is 3.64. The number of carbonyl (C=O) groups is 1. The molecule has 36 heavy (non-hydrogen) atoms. The molecular formula is C26H30N8O2. The lowest BCUT2D eigenvalue weighted by atomic mass is 10.0. The van der Waals surface area contributed by atoms with Gasteiger partial charge in [-0.15, -0.1) is 0 Å². The Hall–Kier alpha value is -3.79. The summed E-state index contributed by atoms with van der Waals surface area (Å²) in [6, 6.07) is 9.95. The van der Waals surface area contributed by atoms with E-state index in [2.05, 4.69) is 34.1 Å². The summed E-state index contributed by atoms with van der Waals surface area (Å²) in [7, 11) is 0. The summed E-state index contributed by atoms with van der Waals surface area (Å²) in [5.41, 5.74) is 3.55. The molecule has 2 atom stereocenters. The number of carbonyl (C=O) groups excluding carboxylic acids is 1. The zero-order valence-electron chi connectivity index (χ0n) is 20.5. The van der Waals surface area contributed by atoms with Crippen molar-refractivity contribution in [1.29, 1.82) is 0 Å². The SMILES string of the molecule is CC(C)[C@H]1CN(C[C@H]2CCCCO2)C(=O)N1c1ccn2ncc(-c3ccc(-c4ncn[nH]4)cc3)c2n1. The van der Waals surface area contributed by atoms with Gasteiger partial charge in [0.25, 0.3) is 0 Å². The monoisotopic (exact) mass is 486 g/mol. The highest BCUT2D eigenvalue weighted by Gasteiger charge is 2.41. The van der Waals surface area contributed by atoms with Gasteiger partial charge in [-0.25, -0.2) is 19.3 Å². The van der Waals surface area contributed by atoms with E-state index in [-0.39, 0.29) is 24.1 Å². The maximum Gasteiger partial charge on any atom is 0.326 e. The third-order valence-electron chi connectivity index (χ3n) is 7.17. The van der Waals surface area contributed by atoms with Gasteiger partial charge in [0, 0.05) is 37.0 Å². The Bertz CT molecular complexity index is 1340. The number of anilines is 1. The third kappa shape index (κ3) is 4.11. The first-order chi connectivity index (χ1) is 17.6. The first-order valence-corrected chi connectivity index (χ1v) is 12.6. The summed E-state index contributed by atoms with van der Waals surface area (Å²) in [5, 5.41) is 11.3. The maximum absolute atomic E-state index is 13.6. The van der Waals surface area contributed by atoms with Crippen LogP contribution < -0.4 is 4.90 Å². The van der Waals surface area contributed by atoms with E-state index in [1.54, 1.807) is 4.52 Å². The molecule has 0 bridgehead atoms. The minimum absolute atomic E-state index is 0.00259. The van der Waals surface area contributed by atoms with Gasteiger partial charge in [0.2, 0.25) is 0 Å². The molecule has 1 aromatic carbocycles. The molecule has 10 heteroatoms. The van der Waals surface area contributed by atoms with Crippen LogP contribution in [0.5, 0.6) is 0 Å². The van der Waals surface area contributed by atoms with Gasteiger partial charge >= 0.3 is 6.03 Å². The fourth-order valence-corrected chi connectivity index (χ4v) is 5.16. The van der Waals surface area contributed by atoms with E-state index >= 15 is 0 Å². The molecule has 2 saturated heterocycles. The van der Waals surface area contributed by atoms with E-state index in [9.17, 15) is 4.79 Å². The molecule has 3 aromatic heterocycles. The van der Waals surface area contributed by atoms with Crippen LogP contribution in [0.2, 0.25) is 0 Å². The molecule has 2 aliphatic rings. The van der Waals surface area contributed by atoms with Crippen LogP contribution >= 0.6 is 0 Å². The number of hydrogen-bond donors (Lipinski definition) is 1. The summed E-state index contributed by atoms with van der Waals surface area (Å²) >= 11 is 0. The lowest BCUT2D eigenvalue weighted by Crippen LogP contribution is -2.40. The molecule has 2 fully saturated rings. The van der Waals surface area contributed by atoms with Crippen LogP contribution in [0.15, 0.2) is 49.1 Å². The average molecular weight is 487 g/mol. The Morgan fingerprint density at radius 1 is 1.14 bits per heavy atom. The Morgan fingerprint density at radius 3 is 2.69 bits per heavy atom. The number of benzene rings is 1. The van der Waals surface area contributed by atoms with Crippen LogP contribution in [0.1, 0.15) is 33.1 Å². The summed E-state index contributed by atoms with van der Waals surface area (Å²) in [6.07, 6.45) is 8.57. The second-order valence-corrected chi connectivity index (χ2v) is 9.88. The van der Waals surface area contributed by atoms with Gasteiger partial charge in [0.15, 0.2) is 11.5 Å². The smallest absolute Gasteiger partial charge is 0.326 e. The number of hydrogen-bond acceptors (Lipinski definition) is 6. The van der Waals surface area contributed by atoms with Crippen molar-refractivity contribution in [1.82, 2.24) is 34.7 Å². The molecule has 0 unspecified atom stereocenters. The number of fused-ring (bicyclic) bond motifs is 1. The second-order valence-electron chi connectivity index (χ2n) is 9.88. The molecule has 1 N–H and O–H groups in total. The molecule has 2 amide bonds. The van der Waals surface area contributed by atoms with Crippen molar-refractivity contribution in [3.63, 3.8) is 0 Å². The van der Waals surface area contributed by atoms with Crippen LogP contribution in [0.4, 0.5) is 10.6 Å². The van der Waals surface area contributed by atoms with Crippen molar-refractivity contribution in [2.45, 2.75) is 45.3 Å². The topological polar surface area (TPSA) is 105 Å². The van der Waals surface area contributed by atoms with Gasteiger partial charge in [-0.3, -0.25) is 10.00 Å². The standard InChI is InChI=1S/C26H30N8O2/c1-17(2)22-15-32(14-20-5-3-4-12-36-20)26(35)34(22)23-10-11-33-25(30-23)21(13-29-33)18-6-8-19(9-7-18)24-27-16-28-31-24/h6-11,13,16-17,20,22H,3-5,12,14-15H2,1-2H3,(H,27,28,31)/t20-,22-/m1/s1. The fraction of sp³-hybridized carbons (Fsp3) is 0.423. The highest BCUT2D eigenvalue weighted by atomic mass is 16.5. The first kappa shape index (κ1) is 22.7. The predicted octanol–water partition coefficient (Wildman–Crippen LogP) is 4.02. The Morgan fingerprint density at radius 2 is 1.97 bits per heavy atom. The molecule has 5 heterocycles. The lowest BCUT2D eigenvalue weighted by molar-refractivity contribution is 0.00279. The number of rotatable bonds is 6. The highest BCUT2D eigenvalue weighted by Crippen LogP contribution is 2.31. The summed E-state index contributed by atoms with van der Waals surface area (Å²) < 4.78 is 7.67. The predicted molar refractivity (Wildman–Crippen MR) is 135 cm³/mol. The van der Waals surface area contributed by atoms with Crippen LogP contribution in [-0.4, -0.2) is 72.6 Å². The van der Waals surface area contributed by atoms with Crippen LogP contribution in [0.3, 0.4) is 0 Å². The zero-order chi connectivity index (χ0) is 24.6. The molecule has 0 saturated carbocycles. The van der Waals surface area contributed by atoms with Crippen molar-refractivity contribution < 1.29 is 9.53 Å². The Kier molecular flexibility index (Phi) is 5.88. The van der Waals surface area contributed by atoms with Crippen molar-refractivity contribution >= 4 is 17.5 Å². The van der Waals surface area contributed by atoms with Crippen LogP contribution in [-0.2, 0) is 4.74 Å². The van der Waals surface area contributed by atoms with Crippen LogP contribution in [0.25, 0.3) is 28.2 Å². The number of nitrogens with zero attached hydrogens (tertiary/aromatic N) is 7. The van der Waals surface area contributed by atoms with Crippen molar-refractivity contribution in [3.05, 3.63) is 49.1 Å². The summed E-state index contributed by atoms with van der Waals surface area (Å²) in [6.45, 7) is 6.41. The van der Waals surface area contributed by atoms with Gasteiger partial charge in [-0.05, 0) is 36.8 Å². The van der Waals surface area contributed by atoms with Gasteiger partial charge < -0.3 is 9.64 Å².